The topological polar surface area (TPSA) is 80.8 Å². The number of hydrogen-bond acceptors (Lipinski definition) is 5. The van der Waals surface area contributed by atoms with Gasteiger partial charge in [-0.3, -0.25) is 14.6 Å². The first-order valence-corrected chi connectivity index (χ1v) is 8.62. The van der Waals surface area contributed by atoms with Crippen molar-refractivity contribution in [3.8, 4) is 11.5 Å². The van der Waals surface area contributed by atoms with Crippen LogP contribution in [0, 0.1) is 0 Å². The first-order chi connectivity index (χ1) is 12.7. The van der Waals surface area contributed by atoms with Crippen LogP contribution in [0.1, 0.15) is 39.1 Å². The Labute approximate surface area is 150 Å². The van der Waals surface area contributed by atoms with Crippen LogP contribution in [0.25, 0.3) is 0 Å². The van der Waals surface area contributed by atoms with Crippen molar-refractivity contribution in [2.45, 2.75) is 19.4 Å². The van der Waals surface area contributed by atoms with Gasteiger partial charge in [-0.25, -0.2) is 0 Å². The Hall–Kier alpha value is -3.09. The summed E-state index contributed by atoms with van der Waals surface area (Å²) >= 11 is 0. The maximum Gasteiger partial charge on any atom is 0.255 e. The second-order valence-electron chi connectivity index (χ2n) is 6.33. The molecule has 0 aliphatic carbocycles. The fourth-order valence-electron chi connectivity index (χ4n) is 3.12. The molecule has 2 aliphatic heterocycles. The number of nitrogens with one attached hydrogen (secondary N) is 1. The minimum absolute atomic E-state index is 0.0691. The Morgan fingerprint density at radius 1 is 1.04 bits per heavy atom. The molecule has 0 radical (unpaired) electrons. The number of benzene rings is 1. The summed E-state index contributed by atoms with van der Waals surface area (Å²) in [5.41, 5.74) is 1.72. The smallest absolute Gasteiger partial charge is 0.255 e. The monoisotopic (exact) mass is 353 g/mol. The molecule has 3 heterocycles. The summed E-state index contributed by atoms with van der Waals surface area (Å²) in [5, 5.41) is 2.84. The van der Waals surface area contributed by atoms with E-state index in [1.807, 2.05) is 18.2 Å². The standard InChI is InChI=1S/C19H19N3O4/c23-18(21-9-13-3-4-16-17(7-13)26-12-25-16)14-8-15(11-20-10-14)19(24)22-5-1-2-6-22/h3-4,7-8,10-11H,1-2,5-6,9,12H2,(H,21,23). The highest BCUT2D eigenvalue weighted by molar-refractivity contribution is 5.99. The van der Waals surface area contributed by atoms with Gasteiger partial charge < -0.3 is 19.7 Å². The fourth-order valence-corrected chi connectivity index (χ4v) is 3.12. The van der Waals surface area contributed by atoms with Crippen LogP contribution < -0.4 is 14.8 Å². The Morgan fingerprint density at radius 3 is 2.65 bits per heavy atom. The van der Waals surface area contributed by atoms with Crippen LogP contribution in [-0.4, -0.2) is 41.6 Å². The number of aromatic nitrogens is 1. The van der Waals surface area contributed by atoms with E-state index >= 15 is 0 Å². The zero-order valence-electron chi connectivity index (χ0n) is 14.2. The summed E-state index contributed by atoms with van der Waals surface area (Å²) in [6.45, 7) is 2.09. The van der Waals surface area contributed by atoms with E-state index in [0.29, 0.717) is 29.2 Å². The summed E-state index contributed by atoms with van der Waals surface area (Å²) in [4.78, 5) is 30.7. The molecule has 1 saturated heterocycles. The molecule has 7 nitrogen and oxygen atoms in total. The number of ether oxygens (including phenoxy) is 2. The van der Waals surface area contributed by atoms with Crippen molar-refractivity contribution < 1.29 is 19.1 Å². The molecule has 0 bridgehead atoms. The average molecular weight is 353 g/mol. The maximum atomic E-state index is 12.4. The lowest BCUT2D eigenvalue weighted by atomic mass is 10.1. The lowest BCUT2D eigenvalue weighted by Gasteiger charge is -2.15. The van der Waals surface area contributed by atoms with E-state index in [1.54, 1.807) is 11.0 Å². The molecule has 1 fully saturated rings. The van der Waals surface area contributed by atoms with Crippen molar-refractivity contribution in [1.82, 2.24) is 15.2 Å². The largest absolute Gasteiger partial charge is 0.454 e. The van der Waals surface area contributed by atoms with Gasteiger partial charge in [0.25, 0.3) is 11.8 Å². The molecule has 1 N–H and O–H groups in total. The van der Waals surface area contributed by atoms with E-state index in [-0.39, 0.29) is 18.6 Å². The number of nitrogens with zero attached hydrogens (tertiary/aromatic N) is 2. The minimum Gasteiger partial charge on any atom is -0.454 e. The highest BCUT2D eigenvalue weighted by Gasteiger charge is 2.21. The summed E-state index contributed by atoms with van der Waals surface area (Å²) in [6.07, 6.45) is 5.02. The number of carbonyl (C=O) groups is 2. The van der Waals surface area contributed by atoms with E-state index in [0.717, 1.165) is 31.5 Å². The minimum atomic E-state index is -0.272. The van der Waals surface area contributed by atoms with Crippen LogP contribution in [0.4, 0.5) is 0 Å². The Bertz CT molecular complexity index is 846. The molecule has 0 atom stereocenters. The number of carbonyl (C=O) groups excluding carboxylic acids is 2. The molecule has 0 saturated carbocycles. The SMILES string of the molecule is O=C(NCc1ccc2c(c1)OCO2)c1cncc(C(=O)N2CCCC2)c1. The van der Waals surface area contributed by atoms with Crippen molar-refractivity contribution in [2.24, 2.45) is 0 Å². The molecule has 0 unspecified atom stereocenters. The molecular weight excluding hydrogens is 334 g/mol. The van der Waals surface area contributed by atoms with Gasteiger partial charge >= 0.3 is 0 Å². The number of fused-ring (bicyclic) bond motifs is 1. The number of likely N-dealkylation sites (tertiary alicyclic amines) is 1. The highest BCUT2D eigenvalue weighted by Crippen LogP contribution is 2.32. The van der Waals surface area contributed by atoms with E-state index < -0.39 is 0 Å². The van der Waals surface area contributed by atoms with Crippen LogP contribution in [0.2, 0.25) is 0 Å². The van der Waals surface area contributed by atoms with Gasteiger partial charge in [-0.2, -0.15) is 0 Å². The molecule has 2 aliphatic rings. The van der Waals surface area contributed by atoms with Crippen LogP contribution in [0.5, 0.6) is 11.5 Å². The van der Waals surface area contributed by atoms with Gasteiger partial charge in [-0.15, -0.1) is 0 Å². The third kappa shape index (κ3) is 3.33. The second kappa shape index (κ2) is 7.03. The molecule has 2 aromatic rings. The summed E-state index contributed by atoms with van der Waals surface area (Å²) in [5.74, 6) is 1.04. The van der Waals surface area contributed by atoms with Crippen LogP contribution in [-0.2, 0) is 6.54 Å². The third-order valence-corrected chi connectivity index (χ3v) is 4.53. The van der Waals surface area contributed by atoms with Crippen LogP contribution >= 0.6 is 0 Å². The first-order valence-electron chi connectivity index (χ1n) is 8.62. The summed E-state index contributed by atoms with van der Waals surface area (Å²) in [7, 11) is 0. The molecule has 1 aromatic heterocycles. The molecule has 0 spiro atoms. The molecular formula is C19H19N3O4. The number of amides is 2. The highest BCUT2D eigenvalue weighted by atomic mass is 16.7. The van der Waals surface area contributed by atoms with Crippen LogP contribution in [0.15, 0.2) is 36.7 Å². The van der Waals surface area contributed by atoms with Crippen molar-refractivity contribution >= 4 is 11.8 Å². The molecule has 4 rings (SSSR count). The normalized spacial score (nSPS) is 15.2. The summed E-state index contributed by atoms with van der Waals surface area (Å²) < 4.78 is 10.6. The Morgan fingerprint density at radius 2 is 1.81 bits per heavy atom. The Kier molecular flexibility index (Phi) is 4.43. The zero-order valence-corrected chi connectivity index (χ0v) is 14.2. The average Bonchev–Trinajstić information content (AvgIpc) is 3.36. The van der Waals surface area contributed by atoms with Gasteiger partial charge in [0.05, 0.1) is 11.1 Å². The molecule has 134 valence electrons. The van der Waals surface area contributed by atoms with E-state index in [9.17, 15) is 9.59 Å². The van der Waals surface area contributed by atoms with E-state index in [2.05, 4.69) is 10.3 Å². The molecule has 26 heavy (non-hydrogen) atoms. The van der Waals surface area contributed by atoms with Crippen molar-refractivity contribution in [3.63, 3.8) is 0 Å². The summed E-state index contributed by atoms with van der Waals surface area (Å²) in [6, 6.07) is 7.14. The van der Waals surface area contributed by atoms with E-state index in [4.69, 9.17) is 9.47 Å². The fraction of sp³-hybridized carbons (Fsp3) is 0.316. The van der Waals surface area contributed by atoms with Crippen molar-refractivity contribution in [3.05, 3.63) is 53.3 Å². The molecule has 1 aromatic carbocycles. The van der Waals surface area contributed by atoms with Gasteiger partial charge in [0.2, 0.25) is 6.79 Å². The predicted molar refractivity (Wildman–Crippen MR) is 93.1 cm³/mol. The van der Waals surface area contributed by atoms with Crippen molar-refractivity contribution in [1.29, 1.82) is 0 Å². The van der Waals surface area contributed by atoms with Gasteiger partial charge in [-0.1, -0.05) is 6.07 Å². The molecule has 2 amide bonds. The van der Waals surface area contributed by atoms with Gasteiger partial charge in [0, 0.05) is 32.0 Å². The number of pyridine rings is 1. The first kappa shape index (κ1) is 16.4. The van der Waals surface area contributed by atoms with Gasteiger partial charge in [0.1, 0.15) is 0 Å². The quantitative estimate of drug-likeness (QED) is 0.909. The lowest BCUT2D eigenvalue weighted by molar-refractivity contribution is 0.0792. The number of rotatable bonds is 4. The maximum absolute atomic E-state index is 12.4. The van der Waals surface area contributed by atoms with Crippen LogP contribution in [0.3, 0.4) is 0 Å². The van der Waals surface area contributed by atoms with E-state index in [1.165, 1.54) is 12.4 Å². The Balaban J connectivity index is 1.41. The van der Waals surface area contributed by atoms with Gasteiger partial charge in [-0.05, 0) is 36.6 Å². The lowest BCUT2D eigenvalue weighted by Crippen LogP contribution is -2.28. The molecule has 7 heteroatoms. The number of hydrogen-bond donors (Lipinski definition) is 1. The van der Waals surface area contributed by atoms with Crippen molar-refractivity contribution in [2.75, 3.05) is 19.9 Å². The zero-order chi connectivity index (χ0) is 17.9. The third-order valence-electron chi connectivity index (χ3n) is 4.53. The predicted octanol–water partition coefficient (Wildman–Crippen LogP) is 1.98. The van der Waals surface area contributed by atoms with Gasteiger partial charge in [0.15, 0.2) is 11.5 Å². The second-order valence-corrected chi connectivity index (χ2v) is 6.33.